The van der Waals surface area contributed by atoms with Crippen LogP contribution in [0.2, 0.25) is 0 Å². The first-order valence-electron chi connectivity index (χ1n) is 6.98. The highest BCUT2D eigenvalue weighted by molar-refractivity contribution is 8.01. The van der Waals surface area contributed by atoms with E-state index in [4.69, 9.17) is 0 Å². The van der Waals surface area contributed by atoms with Crippen LogP contribution in [0.3, 0.4) is 0 Å². The lowest BCUT2D eigenvalue weighted by molar-refractivity contribution is -0.127. The predicted octanol–water partition coefficient (Wildman–Crippen LogP) is 4.24. The van der Waals surface area contributed by atoms with E-state index in [2.05, 4.69) is 18.1 Å². The monoisotopic (exact) mass is 348 g/mol. The summed E-state index contributed by atoms with van der Waals surface area (Å²) >= 11 is 2.88. The maximum atomic E-state index is 12.9. The van der Waals surface area contributed by atoms with E-state index < -0.39 is 0 Å². The van der Waals surface area contributed by atoms with Crippen molar-refractivity contribution in [2.75, 3.05) is 18.8 Å². The van der Waals surface area contributed by atoms with Gasteiger partial charge in [-0.2, -0.15) is 0 Å². The third-order valence-electron chi connectivity index (χ3n) is 2.99. The number of thiazole rings is 1. The number of nitrogens with zero attached hydrogens (tertiary/aromatic N) is 2. The second kappa shape index (κ2) is 8.64. The minimum atomic E-state index is -0.270. The summed E-state index contributed by atoms with van der Waals surface area (Å²) in [7, 11) is 0. The Labute approximate surface area is 143 Å². The molecule has 0 atom stereocenters. The van der Waals surface area contributed by atoms with Crippen LogP contribution < -0.4 is 0 Å². The van der Waals surface area contributed by atoms with E-state index in [-0.39, 0.29) is 11.7 Å². The molecule has 6 heteroatoms. The standard InChI is InChI=1S/C17H17FN2OS2/c1-3-9-20(10-4-2)16(21)12-23-17-19-15(11-22-17)13-5-7-14(18)8-6-13/h3-8,11H,1-2,9-10,12H2. The summed E-state index contributed by atoms with van der Waals surface area (Å²) in [5.74, 6) is 0.0694. The van der Waals surface area contributed by atoms with Crippen molar-refractivity contribution in [1.29, 1.82) is 0 Å². The number of carbonyl (C=O) groups is 1. The maximum Gasteiger partial charge on any atom is 0.233 e. The summed E-state index contributed by atoms with van der Waals surface area (Å²) in [5, 5.41) is 1.91. The van der Waals surface area contributed by atoms with Gasteiger partial charge in [-0.05, 0) is 24.3 Å². The number of carbonyl (C=O) groups excluding carboxylic acids is 1. The van der Waals surface area contributed by atoms with E-state index in [0.717, 1.165) is 15.6 Å². The van der Waals surface area contributed by atoms with Crippen LogP contribution in [0.1, 0.15) is 0 Å². The number of amides is 1. The van der Waals surface area contributed by atoms with Crippen LogP contribution in [0.15, 0.2) is 59.3 Å². The normalized spacial score (nSPS) is 10.3. The van der Waals surface area contributed by atoms with E-state index in [1.807, 2.05) is 5.38 Å². The number of halogens is 1. The molecule has 0 bridgehead atoms. The summed E-state index contributed by atoms with van der Waals surface area (Å²) in [4.78, 5) is 18.3. The van der Waals surface area contributed by atoms with Crippen LogP contribution in [0.4, 0.5) is 4.39 Å². The van der Waals surface area contributed by atoms with Gasteiger partial charge in [0.25, 0.3) is 0 Å². The van der Waals surface area contributed by atoms with Crippen LogP contribution in [-0.2, 0) is 4.79 Å². The third kappa shape index (κ3) is 5.04. The number of thioether (sulfide) groups is 1. The van der Waals surface area contributed by atoms with E-state index >= 15 is 0 Å². The van der Waals surface area contributed by atoms with Gasteiger partial charge >= 0.3 is 0 Å². The van der Waals surface area contributed by atoms with Crippen LogP contribution in [-0.4, -0.2) is 34.6 Å². The van der Waals surface area contributed by atoms with Crippen LogP contribution >= 0.6 is 23.1 Å². The highest BCUT2D eigenvalue weighted by atomic mass is 32.2. The number of hydrogen-bond acceptors (Lipinski definition) is 4. The average molecular weight is 348 g/mol. The zero-order chi connectivity index (χ0) is 16.7. The largest absolute Gasteiger partial charge is 0.335 e. The van der Waals surface area contributed by atoms with E-state index in [9.17, 15) is 9.18 Å². The van der Waals surface area contributed by atoms with Gasteiger partial charge in [0.15, 0.2) is 4.34 Å². The molecule has 0 spiro atoms. The Balaban J connectivity index is 1.96. The van der Waals surface area contributed by atoms with Crippen molar-refractivity contribution in [3.63, 3.8) is 0 Å². The van der Waals surface area contributed by atoms with Gasteiger partial charge in [-0.25, -0.2) is 9.37 Å². The fourth-order valence-electron chi connectivity index (χ4n) is 1.88. The van der Waals surface area contributed by atoms with Gasteiger partial charge in [-0.15, -0.1) is 24.5 Å². The third-order valence-corrected chi connectivity index (χ3v) is 5.00. The Kier molecular flexibility index (Phi) is 6.55. The van der Waals surface area contributed by atoms with Crippen molar-refractivity contribution in [3.05, 3.63) is 60.8 Å². The van der Waals surface area contributed by atoms with Crippen molar-refractivity contribution in [3.8, 4) is 11.3 Å². The van der Waals surface area contributed by atoms with Gasteiger partial charge in [0, 0.05) is 24.0 Å². The van der Waals surface area contributed by atoms with Gasteiger partial charge in [0.05, 0.1) is 11.4 Å². The fraction of sp³-hybridized carbons (Fsp3) is 0.176. The smallest absolute Gasteiger partial charge is 0.233 e. The molecular formula is C17H17FN2OS2. The summed E-state index contributed by atoms with van der Waals surface area (Å²) in [5.41, 5.74) is 1.65. The zero-order valence-corrected chi connectivity index (χ0v) is 14.2. The topological polar surface area (TPSA) is 33.2 Å². The molecule has 2 aromatic rings. The SMILES string of the molecule is C=CCN(CC=C)C(=O)CSc1nc(-c2ccc(F)cc2)cs1. The highest BCUT2D eigenvalue weighted by Crippen LogP contribution is 2.28. The minimum absolute atomic E-state index is 0.0216. The van der Waals surface area contributed by atoms with Crippen molar-refractivity contribution in [2.45, 2.75) is 4.34 Å². The lowest BCUT2D eigenvalue weighted by Crippen LogP contribution is -2.32. The Hall–Kier alpha value is -1.92. The number of rotatable bonds is 8. The number of hydrogen-bond donors (Lipinski definition) is 0. The molecule has 2 rings (SSSR count). The highest BCUT2D eigenvalue weighted by Gasteiger charge is 2.13. The first-order chi connectivity index (χ1) is 11.1. The fourth-order valence-corrected chi connectivity index (χ4v) is 3.62. The minimum Gasteiger partial charge on any atom is -0.335 e. The first-order valence-corrected chi connectivity index (χ1v) is 8.84. The molecular weight excluding hydrogens is 331 g/mol. The first kappa shape index (κ1) is 17.4. The molecule has 0 aliphatic carbocycles. The molecule has 1 amide bonds. The van der Waals surface area contributed by atoms with E-state index in [1.54, 1.807) is 29.2 Å². The average Bonchev–Trinajstić information content (AvgIpc) is 3.02. The summed E-state index contributed by atoms with van der Waals surface area (Å²) < 4.78 is 13.8. The summed E-state index contributed by atoms with van der Waals surface area (Å²) in [6, 6.07) is 6.21. The van der Waals surface area contributed by atoms with Gasteiger partial charge in [-0.1, -0.05) is 23.9 Å². The molecule has 0 fully saturated rings. The molecule has 0 radical (unpaired) electrons. The Morgan fingerprint density at radius 2 is 1.91 bits per heavy atom. The molecule has 0 saturated heterocycles. The zero-order valence-electron chi connectivity index (χ0n) is 12.6. The number of aromatic nitrogens is 1. The van der Waals surface area contributed by atoms with Crippen molar-refractivity contribution < 1.29 is 9.18 Å². The van der Waals surface area contributed by atoms with Gasteiger partial charge < -0.3 is 4.90 Å². The molecule has 1 heterocycles. The van der Waals surface area contributed by atoms with Gasteiger partial charge in [0.2, 0.25) is 5.91 Å². The predicted molar refractivity (Wildman–Crippen MR) is 95.2 cm³/mol. The molecule has 1 aromatic heterocycles. The van der Waals surface area contributed by atoms with Crippen molar-refractivity contribution in [1.82, 2.24) is 9.88 Å². The lowest BCUT2D eigenvalue weighted by atomic mass is 10.2. The van der Waals surface area contributed by atoms with Crippen molar-refractivity contribution in [2.24, 2.45) is 0 Å². The molecule has 120 valence electrons. The summed E-state index contributed by atoms with van der Waals surface area (Å²) in [6.45, 7) is 8.32. The second-order valence-corrected chi connectivity index (χ2v) is 6.75. The van der Waals surface area contributed by atoms with Crippen LogP contribution in [0.5, 0.6) is 0 Å². The van der Waals surface area contributed by atoms with Crippen LogP contribution in [0, 0.1) is 5.82 Å². The Morgan fingerprint density at radius 1 is 1.26 bits per heavy atom. The Bertz CT molecular complexity index is 672. The maximum absolute atomic E-state index is 12.9. The quantitative estimate of drug-likeness (QED) is 0.528. The van der Waals surface area contributed by atoms with E-state index in [1.165, 1.54) is 35.2 Å². The number of benzene rings is 1. The molecule has 1 aromatic carbocycles. The lowest BCUT2D eigenvalue weighted by Gasteiger charge is -2.18. The van der Waals surface area contributed by atoms with Crippen molar-refractivity contribution >= 4 is 29.0 Å². The molecule has 0 aliphatic heterocycles. The molecule has 0 unspecified atom stereocenters. The molecule has 23 heavy (non-hydrogen) atoms. The van der Waals surface area contributed by atoms with Gasteiger partial charge in [0.1, 0.15) is 5.82 Å². The van der Waals surface area contributed by atoms with Gasteiger partial charge in [-0.3, -0.25) is 4.79 Å². The molecule has 0 N–H and O–H groups in total. The molecule has 3 nitrogen and oxygen atoms in total. The molecule has 0 aliphatic rings. The second-order valence-electron chi connectivity index (χ2n) is 4.67. The van der Waals surface area contributed by atoms with Crippen LogP contribution in [0.25, 0.3) is 11.3 Å². The summed E-state index contributed by atoms with van der Waals surface area (Å²) in [6.07, 6.45) is 3.39. The van der Waals surface area contributed by atoms with E-state index in [0.29, 0.717) is 18.8 Å². The molecule has 0 saturated carbocycles. The Morgan fingerprint density at radius 3 is 2.52 bits per heavy atom.